The Labute approximate surface area is 124 Å². The predicted molar refractivity (Wildman–Crippen MR) is 84.2 cm³/mol. The number of fused-ring (bicyclic) bond motifs is 1. The first-order valence-electron chi connectivity index (χ1n) is 6.93. The van der Waals surface area contributed by atoms with E-state index < -0.39 is 0 Å². The molecule has 0 aliphatic heterocycles. The number of carbonyl (C=O) groups is 1. The molecule has 1 amide bonds. The number of H-pyrrole nitrogens is 1. The second-order valence-electron chi connectivity index (χ2n) is 4.80. The van der Waals surface area contributed by atoms with Crippen LogP contribution in [0.1, 0.15) is 25.0 Å². The molecule has 0 aliphatic rings. The van der Waals surface area contributed by atoms with Crippen LogP contribution in [0, 0.1) is 13.8 Å². The van der Waals surface area contributed by atoms with Crippen LogP contribution in [-0.2, 0) is 4.79 Å². The van der Waals surface area contributed by atoms with Gasteiger partial charge in [0, 0.05) is 13.1 Å². The summed E-state index contributed by atoms with van der Waals surface area (Å²) in [6.45, 7) is 9.68. The van der Waals surface area contributed by atoms with Crippen molar-refractivity contribution < 1.29 is 4.79 Å². The molecule has 0 radical (unpaired) electrons. The van der Waals surface area contributed by atoms with Gasteiger partial charge in [-0.3, -0.25) is 4.79 Å². The number of thioether (sulfide) groups is 1. The number of imidazole rings is 1. The van der Waals surface area contributed by atoms with Gasteiger partial charge in [-0.15, -0.1) is 0 Å². The van der Waals surface area contributed by atoms with Crippen molar-refractivity contribution >= 4 is 28.7 Å². The van der Waals surface area contributed by atoms with E-state index in [9.17, 15) is 4.79 Å². The zero-order valence-corrected chi connectivity index (χ0v) is 13.3. The summed E-state index contributed by atoms with van der Waals surface area (Å²) in [5.74, 6) is 0.591. The van der Waals surface area contributed by atoms with Crippen LogP contribution >= 0.6 is 11.8 Å². The van der Waals surface area contributed by atoms with Crippen LogP contribution in [0.25, 0.3) is 11.0 Å². The van der Waals surface area contributed by atoms with E-state index in [4.69, 9.17) is 0 Å². The lowest BCUT2D eigenvalue weighted by Gasteiger charge is -2.17. The van der Waals surface area contributed by atoms with Crippen molar-refractivity contribution in [1.82, 2.24) is 14.9 Å². The number of hydrogen-bond donors (Lipinski definition) is 1. The summed E-state index contributed by atoms with van der Waals surface area (Å²) in [4.78, 5) is 21.7. The minimum Gasteiger partial charge on any atom is -0.343 e. The second kappa shape index (κ2) is 6.31. The normalized spacial score (nSPS) is 11.0. The molecular weight excluding hydrogens is 270 g/mol. The Balaban J connectivity index is 2.11. The zero-order valence-electron chi connectivity index (χ0n) is 12.5. The molecule has 0 atom stereocenters. The van der Waals surface area contributed by atoms with E-state index >= 15 is 0 Å². The summed E-state index contributed by atoms with van der Waals surface area (Å²) < 4.78 is 0. The first-order chi connectivity index (χ1) is 9.56. The molecule has 0 bridgehead atoms. The molecule has 2 rings (SSSR count). The zero-order chi connectivity index (χ0) is 14.7. The lowest BCUT2D eigenvalue weighted by Crippen LogP contribution is -2.31. The predicted octanol–water partition coefficient (Wildman–Crippen LogP) is 3.14. The smallest absolute Gasteiger partial charge is 0.233 e. The molecule has 1 aromatic carbocycles. The second-order valence-corrected chi connectivity index (χ2v) is 5.76. The molecule has 1 aromatic heterocycles. The molecule has 0 aliphatic carbocycles. The summed E-state index contributed by atoms with van der Waals surface area (Å²) in [6.07, 6.45) is 0. The molecule has 1 N–H and O–H groups in total. The number of rotatable bonds is 5. The molecule has 0 unspecified atom stereocenters. The van der Waals surface area contributed by atoms with Crippen LogP contribution in [0.4, 0.5) is 0 Å². The quantitative estimate of drug-likeness (QED) is 0.861. The maximum absolute atomic E-state index is 12.0. The number of aromatic nitrogens is 2. The molecule has 0 fully saturated rings. The third kappa shape index (κ3) is 2.98. The summed E-state index contributed by atoms with van der Waals surface area (Å²) >= 11 is 1.47. The van der Waals surface area contributed by atoms with Crippen molar-refractivity contribution in [3.63, 3.8) is 0 Å². The van der Waals surface area contributed by atoms with Gasteiger partial charge < -0.3 is 9.88 Å². The third-order valence-corrected chi connectivity index (χ3v) is 4.46. The molecule has 0 saturated carbocycles. The van der Waals surface area contributed by atoms with Crippen LogP contribution < -0.4 is 0 Å². The molecule has 0 spiro atoms. The van der Waals surface area contributed by atoms with Gasteiger partial charge >= 0.3 is 0 Å². The molecule has 4 nitrogen and oxygen atoms in total. The number of aryl methyl sites for hydroxylation is 2. The summed E-state index contributed by atoms with van der Waals surface area (Å²) in [7, 11) is 0. The number of benzene rings is 1. The van der Waals surface area contributed by atoms with Crippen LogP contribution in [0.15, 0.2) is 17.3 Å². The average molecular weight is 291 g/mol. The lowest BCUT2D eigenvalue weighted by molar-refractivity contribution is -0.127. The van der Waals surface area contributed by atoms with E-state index in [0.29, 0.717) is 5.75 Å². The summed E-state index contributed by atoms with van der Waals surface area (Å²) in [5, 5.41) is 0.814. The Hall–Kier alpha value is -1.49. The Morgan fingerprint density at radius 2 is 2.00 bits per heavy atom. The first kappa shape index (κ1) is 14.9. The highest BCUT2D eigenvalue weighted by atomic mass is 32.2. The van der Waals surface area contributed by atoms with Crippen molar-refractivity contribution in [3.8, 4) is 0 Å². The molecule has 108 valence electrons. The summed E-state index contributed by atoms with van der Waals surface area (Å²) in [5.41, 5.74) is 4.47. The van der Waals surface area contributed by atoms with Crippen molar-refractivity contribution in [2.24, 2.45) is 0 Å². The van der Waals surface area contributed by atoms with Gasteiger partial charge in [-0.1, -0.05) is 17.8 Å². The van der Waals surface area contributed by atoms with Crippen molar-refractivity contribution in [2.75, 3.05) is 18.8 Å². The molecule has 20 heavy (non-hydrogen) atoms. The largest absolute Gasteiger partial charge is 0.343 e. The highest BCUT2D eigenvalue weighted by Gasteiger charge is 2.12. The SMILES string of the molecule is CCN(CC)C(=O)CSc1nc2c(C)c(C)ccc2[nH]1. The molecule has 5 heteroatoms. The monoisotopic (exact) mass is 291 g/mol. The van der Waals surface area contributed by atoms with E-state index in [-0.39, 0.29) is 5.91 Å². The lowest BCUT2D eigenvalue weighted by atomic mass is 10.1. The fourth-order valence-electron chi connectivity index (χ4n) is 2.16. The first-order valence-corrected chi connectivity index (χ1v) is 7.91. The van der Waals surface area contributed by atoms with E-state index in [1.807, 2.05) is 24.8 Å². The van der Waals surface area contributed by atoms with Gasteiger partial charge in [-0.05, 0) is 44.9 Å². The van der Waals surface area contributed by atoms with Crippen LogP contribution in [0.2, 0.25) is 0 Å². The van der Waals surface area contributed by atoms with Crippen LogP contribution in [0.5, 0.6) is 0 Å². The van der Waals surface area contributed by atoms with Crippen LogP contribution in [-0.4, -0.2) is 39.6 Å². The fourth-order valence-corrected chi connectivity index (χ4v) is 2.94. The minimum absolute atomic E-state index is 0.161. The third-order valence-electron chi connectivity index (χ3n) is 3.61. The highest BCUT2D eigenvalue weighted by Crippen LogP contribution is 2.23. The van der Waals surface area contributed by atoms with Gasteiger partial charge in [0.2, 0.25) is 5.91 Å². The Bertz CT molecular complexity index is 617. The maximum atomic E-state index is 12.0. The Morgan fingerprint density at radius 1 is 1.30 bits per heavy atom. The molecule has 1 heterocycles. The molecule has 0 saturated heterocycles. The standard InChI is InChI=1S/C15H21N3OS/c1-5-18(6-2)13(19)9-20-15-16-12-8-7-10(3)11(4)14(12)17-15/h7-8H,5-6,9H2,1-4H3,(H,16,17). The van der Waals surface area contributed by atoms with E-state index in [2.05, 4.69) is 29.9 Å². The average Bonchev–Trinajstić information content (AvgIpc) is 2.86. The number of amides is 1. The summed E-state index contributed by atoms with van der Waals surface area (Å²) in [6, 6.07) is 4.13. The van der Waals surface area contributed by atoms with Gasteiger partial charge in [0.05, 0.1) is 16.8 Å². The number of aromatic amines is 1. The number of nitrogens with one attached hydrogen (secondary N) is 1. The number of carbonyl (C=O) groups excluding carboxylic acids is 1. The van der Waals surface area contributed by atoms with Gasteiger partial charge in [-0.25, -0.2) is 4.98 Å². The maximum Gasteiger partial charge on any atom is 0.233 e. The minimum atomic E-state index is 0.161. The molecular formula is C15H21N3OS. The fraction of sp³-hybridized carbons (Fsp3) is 0.467. The Kier molecular flexibility index (Phi) is 4.70. The van der Waals surface area contributed by atoms with Gasteiger partial charge in [0.25, 0.3) is 0 Å². The van der Waals surface area contributed by atoms with E-state index in [0.717, 1.165) is 29.3 Å². The van der Waals surface area contributed by atoms with Crippen molar-refractivity contribution in [2.45, 2.75) is 32.9 Å². The van der Waals surface area contributed by atoms with E-state index in [1.54, 1.807) is 0 Å². The van der Waals surface area contributed by atoms with Gasteiger partial charge in [-0.2, -0.15) is 0 Å². The van der Waals surface area contributed by atoms with Gasteiger partial charge in [0.15, 0.2) is 5.16 Å². The number of nitrogens with zero attached hydrogens (tertiary/aromatic N) is 2. The topological polar surface area (TPSA) is 49.0 Å². The van der Waals surface area contributed by atoms with Crippen molar-refractivity contribution in [3.05, 3.63) is 23.3 Å². The molecule has 2 aromatic rings. The Morgan fingerprint density at radius 3 is 2.65 bits per heavy atom. The van der Waals surface area contributed by atoms with Crippen LogP contribution in [0.3, 0.4) is 0 Å². The van der Waals surface area contributed by atoms with Gasteiger partial charge in [0.1, 0.15) is 0 Å². The highest BCUT2D eigenvalue weighted by molar-refractivity contribution is 7.99. The van der Waals surface area contributed by atoms with Crippen molar-refractivity contribution in [1.29, 1.82) is 0 Å². The van der Waals surface area contributed by atoms with E-state index in [1.165, 1.54) is 22.9 Å². The number of hydrogen-bond acceptors (Lipinski definition) is 3.